The van der Waals surface area contributed by atoms with Gasteiger partial charge in [0.15, 0.2) is 0 Å². The van der Waals surface area contributed by atoms with Gasteiger partial charge in [0.05, 0.1) is 15.8 Å². The molecule has 4 rings (SSSR count). The summed E-state index contributed by atoms with van der Waals surface area (Å²) in [5.74, 6) is 0.878. The highest BCUT2D eigenvalue weighted by Crippen LogP contribution is 2.30. The van der Waals surface area contributed by atoms with E-state index in [1.807, 2.05) is 54.6 Å². The lowest BCUT2D eigenvalue weighted by molar-refractivity contribution is 0.351. The van der Waals surface area contributed by atoms with Crippen LogP contribution in [0.15, 0.2) is 60.2 Å². The van der Waals surface area contributed by atoms with Gasteiger partial charge in [-0.15, -0.1) is 11.3 Å². The van der Waals surface area contributed by atoms with E-state index in [0.717, 1.165) is 32.1 Å². The average Bonchev–Trinajstić information content (AvgIpc) is 3.03. The molecule has 0 saturated heterocycles. The van der Waals surface area contributed by atoms with Crippen molar-refractivity contribution in [2.75, 3.05) is 6.61 Å². The van der Waals surface area contributed by atoms with Crippen LogP contribution in [0.4, 0.5) is 0 Å². The quantitative estimate of drug-likeness (QED) is 0.645. The second kappa shape index (κ2) is 5.71. The highest BCUT2D eigenvalue weighted by atomic mass is 32.1. The first-order valence-electron chi connectivity index (χ1n) is 7.23. The van der Waals surface area contributed by atoms with Crippen molar-refractivity contribution in [3.05, 3.63) is 70.8 Å². The third-order valence-corrected chi connectivity index (χ3v) is 4.70. The van der Waals surface area contributed by atoms with Crippen molar-refractivity contribution in [3.8, 4) is 11.8 Å². The van der Waals surface area contributed by atoms with Crippen molar-refractivity contribution in [2.45, 2.75) is 0 Å². The van der Waals surface area contributed by atoms with E-state index in [-0.39, 0.29) is 0 Å². The minimum absolute atomic E-state index is 0.465. The van der Waals surface area contributed by atoms with Gasteiger partial charge in [-0.2, -0.15) is 5.26 Å². The molecule has 3 aromatic rings. The smallest absolute Gasteiger partial charge is 0.135 e. The van der Waals surface area contributed by atoms with Gasteiger partial charge in [0.2, 0.25) is 0 Å². The Bertz CT molecular complexity index is 959. The van der Waals surface area contributed by atoms with E-state index in [9.17, 15) is 5.26 Å². The zero-order valence-electron chi connectivity index (χ0n) is 12.2. The van der Waals surface area contributed by atoms with E-state index < -0.39 is 0 Å². The molecule has 3 nitrogen and oxygen atoms in total. The Morgan fingerprint density at radius 3 is 2.87 bits per heavy atom. The molecule has 4 heteroatoms. The van der Waals surface area contributed by atoms with Crippen molar-refractivity contribution in [3.63, 3.8) is 0 Å². The molecule has 0 amide bonds. The van der Waals surface area contributed by atoms with Crippen LogP contribution in [0, 0.1) is 11.3 Å². The number of para-hydroxylation sites is 2. The van der Waals surface area contributed by atoms with Gasteiger partial charge in [0.1, 0.15) is 23.4 Å². The first-order chi connectivity index (χ1) is 11.3. The lowest BCUT2D eigenvalue weighted by atomic mass is 10.1. The Morgan fingerprint density at radius 1 is 1.17 bits per heavy atom. The van der Waals surface area contributed by atoms with E-state index >= 15 is 0 Å². The molecule has 0 N–H and O–H groups in total. The molecule has 0 fully saturated rings. The van der Waals surface area contributed by atoms with Gasteiger partial charge in [0, 0.05) is 5.56 Å². The Morgan fingerprint density at radius 2 is 2.00 bits per heavy atom. The summed E-state index contributed by atoms with van der Waals surface area (Å²) in [5.41, 5.74) is 3.50. The van der Waals surface area contributed by atoms with E-state index in [4.69, 9.17) is 4.74 Å². The predicted molar refractivity (Wildman–Crippen MR) is 93.1 cm³/mol. The summed E-state index contributed by atoms with van der Waals surface area (Å²) < 4.78 is 6.82. The van der Waals surface area contributed by atoms with Crippen LogP contribution >= 0.6 is 11.3 Å². The number of nitriles is 1. The molecule has 0 atom stereocenters. The second-order valence-corrected chi connectivity index (χ2v) is 6.23. The summed E-state index contributed by atoms with van der Waals surface area (Å²) in [4.78, 5) is 4.55. The minimum Gasteiger partial charge on any atom is -0.488 e. The molecule has 0 saturated carbocycles. The lowest BCUT2D eigenvalue weighted by Gasteiger charge is -2.15. The molecule has 0 radical (unpaired) electrons. The van der Waals surface area contributed by atoms with E-state index in [1.165, 1.54) is 11.3 Å². The molecule has 110 valence electrons. The summed E-state index contributed by atoms with van der Waals surface area (Å²) in [6.45, 7) is 0.465. The SMILES string of the molecule is N#C/C(=C/C1=Cc2ccccc2OC1)c1nc2ccccc2s1. The Balaban J connectivity index is 1.74. The van der Waals surface area contributed by atoms with Crippen LogP contribution in [0.25, 0.3) is 21.9 Å². The predicted octanol–water partition coefficient (Wildman–Crippen LogP) is 4.68. The van der Waals surface area contributed by atoms with Gasteiger partial charge in [-0.05, 0) is 35.9 Å². The highest BCUT2D eigenvalue weighted by Gasteiger charge is 2.13. The molecule has 0 spiro atoms. The normalized spacial score (nSPS) is 13.9. The van der Waals surface area contributed by atoms with Crippen molar-refractivity contribution >= 4 is 33.2 Å². The summed E-state index contributed by atoms with van der Waals surface area (Å²) in [5, 5.41) is 10.3. The van der Waals surface area contributed by atoms with Crippen molar-refractivity contribution < 1.29 is 4.74 Å². The highest BCUT2D eigenvalue weighted by molar-refractivity contribution is 7.19. The third-order valence-electron chi connectivity index (χ3n) is 3.63. The molecule has 1 aliphatic heterocycles. The fourth-order valence-electron chi connectivity index (χ4n) is 2.53. The van der Waals surface area contributed by atoms with Gasteiger partial charge in [-0.3, -0.25) is 0 Å². The molecule has 2 heterocycles. The molecule has 23 heavy (non-hydrogen) atoms. The zero-order valence-corrected chi connectivity index (χ0v) is 13.0. The average molecular weight is 316 g/mol. The number of nitrogens with zero attached hydrogens (tertiary/aromatic N) is 2. The fraction of sp³-hybridized carbons (Fsp3) is 0.0526. The standard InChI is InChI=1S/C19H12N2OS/c20-11-15(19-21-16-6-2-4-8-18(16)23-19)10-13-9-14-5-1-3-7-17(14)22-12-13/h1-10H,12H2/b15-10-. The van der Waals surface area contributed by atoms with E-state index in [1.54, 1.807) is 0 Å². The van der Waals surface area contributed by atoms with Gasteiger partial charge < -0.3 is 4.74 Å². The number of hydrogen-bond acceptors (Lipinski definition) is 4. The summed E-state index contributed by atoms with van der Waals surface area (Å²) >= 11 is 1.53. The maximum atomic E-state index is 9.51. The number of aromatic nitrogens is 1. The molecule has 0 unspecified atom stereocenters. The topological polar surface area (TPSA) is 45.9 Å². The maximum Gasteiger partial charge on any atom is 0.135 e. The van der Waals surface area contributed by atoms with E-state index in [0.29, 0.717) is 12.2 Å². The van der Waals surface area contributed by atoms with Gasteiger partial charge >= 0.3 is 0 Å². The Labute approximate surface area is 137 Å². The van der Waals surface area contributed by atoms with E-state index in [2.05, 4.69) is 17.1 Å². The fourth-order valence-corrected chi connectivity index (χ4v) is 3.46. The van der Waals surface area contributed by atoms with Crippen LogP contribution in [0.3, 0.4) is 0 Å². The van der Waals surface area contributed by atoms with Crippen molar-refractivity contribution in [2.24, 2.45) is 0 Å². The number of hydrogen-bond donors (Lipinski definition) is 0. The number of ether oxygens (including phenoxy) is 1. The second-order valence-electron chi connectivity index (χ2n) is 5.20. The summed E-state index contributed by atoms with van der Waals surface area (Å²) in [7, 11) is 0. The van der Waals surface area contributed by atoms with Crippen molar-refractivity contribution in [1.82, 2.24) is 4.98 Å². The van der Waals surface area contributed by atoms with Gasteiger partial charge in [-0.1, -0.05) is 30.3 Å². The first-order valence-corrected chi connectivity index (χ1v) is 8.05. The molecule has 0 bridgehead atoms. The van der Waals surface area contributed by atoms with Crippen LogP contribution in [0.2, 0.25) is 0 Å². The molecule has 0 aliphatic carbocycles. The largest absolute Gasteiger partial charge is 0.488 e. The first kappa shape index (κ1) is 13.7. The van der Waals surface area contributed by atoms with Crippen LogP contribution in [-0.4, -0.2) is 11.6 Å². The van der Waals surface area contributed by atoms with Crippen LogP contribution < -0.4 is 4.74 Å². The molecule has 2 aromatic carbocycles. The van der Waals surface area contributed by atoms with Gasteiger partial charge in [0.25, 0.3) is 0 Å². The Hall–Kier alpha value is -2.90. The maximum absolute atomic E-state index is 9.51. The van der Waals surface area contributed by atoms with Crippen LogP contribution in [0.1, 0.15) is 10.6 Å². The number of allylic oxidation sites excluding steroid dienone is 1. The number of benzene rings is 2. The molecule has 1 aliphatic rings. The molecular weight excluding hydrogens is 304 g/mol. The number of rotatable bonds is 2. The number of thiazole rings is 1. The monoisotopic (exact) mass is 316 g/mol. The van der Waals surface area contributed by atoms with Gasteiger partial charge in [-0.25, -0.2) is 4.98 Å². The Kier molecular flexibility index (Phi) is 3.41. The van der Waals surface area contributed by atoms with Crippen LogP contribution in [-0.2, 0) is 0 Å². The lowest BCUT2D eigenvalue weighted by Crippen LogP contribution is -2.05. The summed E-state index contributed by atoms with van der Waals surface area (Å²) in [6, 6.07) is 18.1. The minimum atomic E-state index is 0.465. The molecular formula is C19H12N2OS. The summed E-state index contributed by atoms with van der Waals surface area (Å²) in [6.07, 6.45) is 3.93. The van der Waals surface area contributed by atoms with Crippen LogP contribution in [0.5, 0.6) is 5.75 Å². The third kappa shape index (κ3) is 2.63. The zero-order chi connectivity index (χ0) is 15.6. The molecule has 1 aromatic heterocycles. The van der Waals surface area contributed by atoms with Crippen molar-refractivity contribution in [1.29, 1.82) is 5.26 Å². The number of fused-ring (bicyclic) bond motifs is 2.